The smallest absolute Gasteiger partial charge is 0.264 e. The number of methoxy groups -OCH3 is 1. The van der Waals surface area contributed by atoms with Crippen molar-refractivity contribution in [3.63, 3.8) is 0 Å². The minimum atomic E-state index is -4.25. The summed E-state index contributed by atoms with van der Waals surface area (Å²) in [6, 6.07) is 18.9. The first kappa shape index (κ1) is 30.6. The molecule has 8 nitrogen and oxygen atoms in total. The van der Waals surface area contributed by atoms with Crippen molar-refractivity contribution >= 4 is 27.5 Å². The molecule has 0 aliphatic carbocycles. The molecular weight excluding hydrogens is 533 g/mol. The number of benzene rings is 3. The number of hydrogen-bond acceptors (Lipinski definition) is 5. The zero-order chi connectivity index (χ0) is 29.3. The van der Waals surface area contributed by atoms with Gasteiger partial charge in [-0.3, -0.25) is 13.9 Å². The van der Waals surface area contributed by atoms with E-state index in [-0.39, 0.29) is 29.0 Å². The molecule has 3 aromatic carbocycles. The fraction of sp³-hybridized carbons (Fsp3) is 0.333. The Labute approximate surface area is 235 Å². The average Bonchev–Trinajstić information content (AvgIpc) is 2.95. The maximum Gasteiger partial charge on any atom is 0.264 e. The van der Waals surface area contributed by atoms with Gasteiger partial charge in [0, 0.05) is 13.1 Å². The van der Waals surface area contributed by atoms with Crippen LogP contribution in [0.2, 0.25) is 0 Å². The lowest BCUT2D eigenvalue weighted by molar-refractivity contribution is -0.140. The molecule has 0 aliphatic rings. The van der Waals surface area contributed by atoms with E-state index in [1.807, 2.05) is 13.8 Å². The van der Waals surface area contributed by atoms with E-state index >= 15 is 0 Å². The molecular formula is C30H36FN3O5S. The average molecular weight is 570 g/mol. The minimum Gasteiger partial charge on any atom is -0.497 e. The minimum absolute atomic E-state index is 0.0790. The summed E-state index contributed by atoms with van der Waals surface area (Å²) in [6.45, 7) is 5.70. The quantitative estimate of drug-likeness (QED) is 0.324. The SMILES string of the molecule is CCC(C(=O)NCC(C)C)N(Cc1ccc(OC)cc1)C(=O)CN(c1ccccc1)S(=O)(=O)c1ccc(F)cc1. The standard InChI is InChI=1S/C30H36FN3O5S/c1-5-28(30(36)32-19-22(2)3)33(20-23-11-15-26(39-4)16-12-23)29(35)21-34(25-9-7-6-8-10-25)40(37,38)27-17-13-24(31)14-18-27/h6-18,22,28H,5,19-21H2,1-4H3,(H,32,36). The van der Waals surface area contributed by atoms with Gasteiger partial charge in [0.1, 0.15) is 24.2 Å². The van der Waals surface area contributed by atoms with Crippen LogP contribution < -0.4 is 14.4 Å². The zero-order valence-electron chi connectivity index (χ0n) is 23.2. The predicted octanol–water partition coefficient (Wildman–Crippen LogP) is 4.61. The Bertz CT molecular complexity index is 1360. The highest BCUT2D eigenvalue weighted by Gasteiger charge is 2.33. The highest BCUT2D eigenvalue weighted by atomic mass is 32.2. The van der Waals surface area contributed by atoms with Crippen molar-refractivity contribution in [3.05, 3.63) is 90.2 Å². The normalized spacial score (nSPS) is 12.1. The number of anilines is 1. The van der Waals surface area contributed by atoms with E-state index in [0.29, 0.717) is 18.7 Å². The van der Waals surface area contributed by atoms with Crippen molar-refractivity contribution in [1.29, 1.82) is 0 Å². The topological polar surface area (TPSA) is 96.0 Å². The van der Waals surface area contributed by atoms with E-state index < -0.39 is 34.3 Å². The summed E-state index contributed by atoms with van der Waals surface area (Å²) in [5, 5.41) is 2.90. The second kappa shape index (κ2) is 13.9. The molecule has 0 saturated carbocycles. The monoisotopic (exact) mass is 569 g/mol. The molecule has 0 saturated heterocycles. The number of halogens is 1. The van der Waals surface area contributed by atoms with Gasteiger partial charge in [0.15, 0.2) is 0 Å². The third-order valence-corrected chi connectivity index (χ3v) is 8.10. The van der Waals surface area contributed by atoms with Gasteiger partial charge in [0.25, 0.3) is 10.0 Å². The van der Waals surface area contributed by atoms with Crippen molar-refractivity contribution in [3.8, 4) is 5.75 Å². The zero-order valence-corrected chi connectivity index (χ0v) is 24.0. The van der Waals surface area contributed by atoms with Gasteiger partial charge in [-0.2, -0.15) is 0 Å². The summed E-state index contributed by atoms with van der Waals surface area (Å²) in [4.78, 5) is 28.5. The largest absolute Gasteiger partial charge is 0.497 e. The fourth-order valence-electron chi connectivity index (χ4n) is 4.13. The Morgan fingerprint density at radius 2 is 1.57 bits per heavy atom. The predicted molar refractivity (Wildman–Crippen MR) is 153 cm³/mol. The van der Waals surface area contributed by atoms with Gasteiger partial charge in [-0.1, -0.05) is 51.1 Å². The number of carbonyl (C=O) groups is 2. The van der Waals surface area contributed by atoms with E-state index in [9.17, 15) is 22.4 Å². The first-order valence-electron chi connectivity index (χ1n) is 13.1. The highest BCUT2D eigenvalue weighted by Crippen LogP contribution is 2.25. The molecule has 0 aromatic heterocycles. The van der Waals surface area contributed by atoms with Gasteiger partial charge >= 0.3 is 0 Å². The van der Waals surface area contributed by atoms with Crippen molar-refractivity contribution in [2.24, 2.45) is 5.92 Å². The van der Waals surface area contributed by atoms with Gasteiger partial charge < -0.3 is 15.0 Å². The molecule has 214 valence electrons. The molecule has 0 aliphatic heterocycles. The van der Waals surface area contributed by atoms with Gasteiger partial charge in [0.2, 0.25) is 11.8 Å². The number of amides is 2. The van der Waals surface area contributed by atoms with Gasteiger partial charge in [-0.05, 0) is 66.4 Å². The molecule has 1 unspecified atom stereocenters. The van der Waals surface area contributed by atoms with Gasteiger partial charge in [-0.25, -0.2) is 12.8 Å². The lowest BCUT2D eigenvalue weighted by Gasteiger charge is -2.33. The molecule has 0 heterocycles. The number of rotatable bonds is 13. The number of nitrogens with one attached hydrogen (secondary N) is 1. The number of carbonyl (C=O) groups excluding carboxylic acids is 2. The van der Waals surface area contributed by atoms with E-state index in [0.717, 1.165) is 34.1 Å². The Hall–Kier alpha value is -3.92. The fourth-order valence-corrected chi connectivity index (χ4v) is 5.54. The maximum absolute atomic E-state index is 14.0. The van der Waals surface area contributed by atoms with Gasteiger partial charge in [-0.15, -0.1) is 0 Å². The Morgan fingerprint density at radius 1 is 0.950 bits per heavy atom. The van der Waals surface area contributed by atoms with Crippen LogP contribution in [0.25, 0.3) is 0 Å². The number of para-hydroxylation sites is 1. The van der Waals surface area contributed by atoms with Crippen molar-refractivity contribution in [2.45, 2.75) is 44.7 Å². The van der Waals surface area contributed by atoms with Crippen LogP contribution in [-0.2, 0) is 26.2 Å². The lowest BCUT2D eigenvalue weighted by atomic mass is 10.1. The van der Waals surface area contributed by atoms with Crippen LogP contribution in [-0.4, -0.2) is 51.4 Å². The molecule has 0 fully saturated rings. The second-order valence-electron chi connectivity index (χ2n) is 9.73. The summed E-state index contributed by atoms with van der Waals surface area (Å²) < 4.78 is 47.2. The number of ether oxygens (including phenoxy) is 1. The van der Waals surface area contributed by atoms with Crippen molar-refractivity contribution < 1.29 is 27.1 Å². The van der Waals surface area contributed by atoms with Crippen LogP contribution in [0.3, 0.4) is 0 Å². The molecule has 10 heteroatoms. The summed E-state index contributed by atoms with van der Waals surface area (Å²) >= 11 is 0. The Balaban J connectivity index is 2.01. The molecule has 0 radical (unpaired) electrons. The lowest BCUT2D eigenvalue weighted by Crippen LogP contribution is -2.52. The summed E-state index contributed by atoms with van der Waals surface area (Å²) in [5.41, 5.74) is 1.01. The van der Waals surface area contributed by atoms with E-state index in [1.165, 1.54) is 4.90 Å². The number of hydrogen-bond donors (Lipinski definition) is 1. The third-order valence-electron chi connectivity index (χ3n) is 6.31. The molecule has 1 N–H and O–H groups in total. The third kappa shape index (κ3) is 7.81. The maximum atomic E-state index is 14.0. The van der Waals surface area contributed by atoms with Gasteiger partial charge in [0.05, 0.1) is 17.7 Å². The molecule has 3 rings (SSSR count). The van der Waals surface area contributed by atoms with E-state index in [4.69, 9.17) is 4.74 Å². The molecule has 1 atom stereocenters. The van der Waals surface area contributed by atoms with Crippen LogP contribution in [0, 0.1) is 11.7 Å². The number of nitrogens with zero attached hydrogens (tertiary/aromatic N) is 2. The number of sulfonamides is 1. The summed E-state index contributed by atoms with van der Waals surface area (Å²) in [6.07, 6.45) is 0.321. The second-order valence-corrected chi connectivity index (χ2v) is 11.6. The van der Waals surface area contributed by atoms with Crippen molar-refractivity contribution in [1.82, 2.24) is 10.2 Å². The summed E-state index contributed by atoms with van der Waals surface area (Å²) in [5.74, 6) is -0.599. The first-order valence-corrected chi connectivity index (χ1v) is 14.5. The Morgan fingerprint density at radius 3 is 2.12 bits per heavy atom. The van der Waals surface area contributed by atoms with Crippen LogP contribution >= 0.6 is 0 Å². The molecule has 2 amide bonds. The van der Waals surface area contributed by atoms with Crippen LogP contribution in [0.15, 0.2) is 83.8 Å². The summed E-state index contributed by atoms with van der Waals surface area (Å²) in [7, 11) is -2.70. The highest BCUT2D eigenvalue weighted by molar-refractivity contribution is 7.92. The van der Waals surface area contributed by atoms with E-state index in [2.05, 4.69) is 5.32 Å². The molecule has 3 aromatic rings. The van der Waals surface area contributed by atoms with Crippen LogP contribution in [0.5, 0.6) is 5.75 Å². The first-order chi connectivity index (χ1) is 19.1. The molecule has 40 heavy (non-hydrogen) atoms. The van der Waals surface area contributed by atoms with Crippen LogP contribution in [0.1, 0.15) is 32.8 Å². The van der Waals surface area contributed by atoms with Crippen molar-refractivity contribution in [2.75, 3.05) is 24.5 Å². The Kier molecular flexibility index (Phi) is 10.7. The van der Waals surface area contributed by atoms with E-state index in [1.54, 1.807) is 68.6 Å². The van der Waals surface area contributed by atoms with Crippen LogP contribution in [0.4, 0.5) is 10.1 Å². The molecule has 0 spiro atoms. The molecule has 0 bridgehead atoms.